The molecule has 0 aromatic carbocycles. The average molecular weight is 168 g/mol. The van der Waals surface area contributed by atoms with Gasteiger partial charge < -0.3 is 0 Å². The van der Waals surface area contributed by atoms with E-state index in [9.17, 15) is 0 Å². The predicted octanol–water partition coefficient (Wildman–Crippen LogP) is 4.42. The zero-order valence-corrected chi connectivity index (χ0v) is 9.41. The van der Waals surface area contributed by atoms with Gasteiger partial charge in [-0.05, 0) is 31.1 Å². The van der Waals surface area contributed by atoms with E-state index in [1.54, 1.807) is 0 Å². The molecule has 0 aliphatic carbocycles. The highest BCUT2D eigenvalue weighted by molar-refractivity contribution is 5.01. The van der Waals surface area contributed by atoms with Crippen molar-refractivity contribution in [2.75, 3.05) is 0 Å². The van der Waals surface area contributed by atoms with Gasteiger partial charge in [-0.25, -0.2) is 0 Å². The first-order chi connectivity index (χ1) is 5.45. The van der Waals surface area contributed by atoms with Crippen LogP contribution in [0.3, 0.4) is 0 Å². The Hall–Kier alpha value is -0.260. The summed E-state index contributed by atoms with van der Waals surface area (Å²) in [5.41, 5.74) is 1.78. The summed E-state index contributed by atoms with van der Waals surface area (Å²) >= 11 is 0. The van der Waals surface area contributed by atoms with Gasteiger partial charge >= 0.3 is 0 Å². The van der Waals surface area contributed by atoms with Crippen LogP contribution in [0.25, 0.3) is 0 Å². The summed E-state index contributed by atoms with van der Waals surface area (Å²) in [6.45, 7) is 15.5. The molecule has 0 radical (unpaired) electrons. The Labute approximate surface area is 78.1 Å². The van der Waals surface area contributed by atoms with Crippen LogP contribution in [0.1, 0.15) is 53.9 Å². The lowest BCUT2D eigenvalue weighted by atomic mass is 9.71. The maximum absolute atomic E-state index is 4.07. The van der Waals surface area contributed by atoms with Gasteiger partial charge in [0.2, 0.25) is 0 Å². The Balaban J connectivity index is 4.36. The highest BCUT2D eigenvalue weighted by Crippen LogP contribution is 2.37. The van der Waals surface area contributed by atoms with Crippen molar-refractivity contribution < 1.29 is 0 Å². The van der Waals surface area contributed by atoms with Crippen molar-refractivity contribution in [3.63, 3.8) is 0 Å². The lowest BCUT2D eigenvalue weighted by molar-refractivity contribution is 0.219. The minimum absolute atomic E-state index is 0.440. The van der Waals surface area contributed by atoms with Crippen molar-refractivity contribution in [3.05, 3.63) is 12.2 Å². The molecule has 0 amide bonds. The SMILES string of the molecule is C=C(C)C(CC)C(C)(C)CCC. The molecule has 0 aliphatic rings. The predicted molar refractivity (Wildman–Crippen MR) is 57.3 cm³/mol. The summed E-state index contributed by atoms with van der Waals surface area (Å²) in [6, 6.07) is 0. The molecule has 0 nitrogen and oxygen atoms in total. The van der Waals surface area contributed by atoms with Gasteiger partial charge in [0.25, 0.3) is 0 Å². The van der Waals surface area contributed by atoms with Gasteiger partial charge in [-0.2, -0.15) is 0 Å². The molecule has 1 unspecified atom stereocenters. The summed E-state index contributed by atoms with van der Waals surface area (Å²) in [5.74, 6) is 0.692. The monoisotopic (exact) mass is 168 g/mol. The first-order valence-electron chi connectivity index (χ1n) is 5.11. The highest BCUT2D eigenvalue weighted by Gasteiger charge is 2.27. The Morgan fingerprint density at radius 2 is 1.83 bits per heavy atom. The van der Waals surface area contributed by atoms with Crippen molar-refractivity contribution in [1.29, 1.82) is 0 Å². The number of rotatable bonds is 5. The molecule has 1 atom stereocenters. The third-order valence-corrected chi connectivity index (χ3v) is 2.84. The van der Waals surface area contributed by atoms with E-state index in [0.717, 1.165) is 0 Å². The van der Waals surface area contributed by atoms with Crippen molar-refractivity contribution in [1.82, 2.24) is 0 Å². The van der Waals surface area contributed by atoms with E-state index < -0.39 is 0 Å². The van der Waals surface area contributed by atoms with E-state index in [2.05, 4.69) is 41.2 Å². The number of allylic oxidation sites excluding steroid dienone is 1. The van der Waals surface area contributed by atoms with Crippen LogP contribution < -0.4 is 0 Å². The number of hydrogen-bond donors (Lipinski definition) is 0. The van der Waals surface area contributed by atoms with Crippen molar-refractivity contribution in [2.45, 2.75) is 53.9 Å². The zero-order valence-electron chi connectivity index (χ0n) is 9.41. The molecule has 0 heteroatoms. The average Bonchev–Trinajstić information content (AvgIpc) is 1.86. The second-order valence-electron chi connectivity index (χ2n) is 4.55. The van der Waals surface area contributed by atoms with Gasteiger partial charge in [0.1, 0.15) is 0 Å². The Morgan fingerprint density at radius 1 is 1.33 bits per heavy atom. The van der Waals surface area contributed by atoms with Gasteiger partial charge in [-0.1, -0.05) is 46.3 Å². The van der Waals surface area contributed by atoms with Crippen LogP contribution in [-0.4, -0.2) is 0 Å². The molecule has 0 saturated heterocycles. The molecule has 0 saturated carbocycles. The molecular weight excluding hydrogens is 144 g/mol. The van der Waals surface area contributed by atoms with Crippen LogP contribution in [-0.2, 0) is 0 Å². The molecule has 0 aromatic heterocycles. The molecule has 12 heavy (non-hydrogen) atoms. The van der Waals surface area contributed by atoms with Crippen molar-refractivity contribution in [3.8, 4) is 0 Å². The third kappa shape index (κ3) is 3.00. The highest BCUT2D eigenvalue weighted by atomic mass is 14.3. The summed E-state index contributed by atoms with van der Waals surface area (Å²) in [6.07, 6.45) is 3.80. The molecule has 0 fully saturated rings. The molecular formula is C12H24. The zero-order chi connectivity index (χ0) is 9.78. The van der Waals surface area contributed by atoms with Crippen LogP contribution in [0.5, 0.6) is 0 Å². The van der Waals surface area contributed by atoms with E-state index in [4.69, 9.17) is 0 Å². The van der Waals surface area contributed by atoms with Crippen LogP contribution in [0.4, 0.5) is 0 Å². The fraction of sp³-hybridized carbons (Fsp3) is 0.833. The van der Waals surface area contributed by atoms with Gasteiger partial charge in [-0.3, -0.25) is 0 Å². The fourth-order valence-electron chi connectivity index (χ4n) is 2.39. The Morgan fingerprint density at radius 3 is 2.08 bits per heavy atom. The fourth-order valence-corrected chi connectivity index (χ4v) is 2.39. The second-order valence-corrected chi connectivity index (χ2v) is 4.55. The summed E-state index contributed by atoms with van der Waals surface area (Å²) < 4.78 is 0. The van der Waals surface area contributed by atoms with E-state index in [1.807, 2.05) is 0 Å². The molecule has 0 aliphatic heterocycles. The molecule has 0 spiro atoms. The Bertz CT molecular complexity index is 142. The first kappa shape index (κ1) is 11.7. The molecule has 72 valence electrons. The van der Waals surface area contributed by atoms with Gasteiger partial charge in [0.05, 0.1) is 0 Å². The minimum atomic E-state index is 0.440. The van der Waals surface area contributed by atoms with E-state index in [-0.39, 0.29) is 0 Å². The van der Waals surface area contributed by atoms with Crippen molar-refractivity contribution in [2.24, 2.45) is 11.3 Å². The maximum Gasteiger partial charge on any atom is -0.0160 e. The van der Waals surface area contributed by atoms with E-state index in [0.29, 0.717) is 11.3 Å². The minimum Gasteiger partial charge on any atom is -0.0998 e. The Kier molecular flexibility index (Phi) is 4.59. The van der Waals surface area contributed by atoms with Crippen LogP contribution >= 0.6 is 0 Å². The van der Waals surface area contributed by atoms with Crippen LogP contribution in [0.15, 0.2) is 12.2 Å². The smallest absolute Gasteiger partial charge is 0.0160 e. The lowest BCUT2D eigenvalue weighted by Gasteiger charge is -2.34. The van der Waals surface area contributed by atoms with Crippen LogP contribution in [0.2, 0.25) is 0 Å². The van der Waals surface area contributed by atoms with Gasteiger partial charge in [-0.15, -0.1) is 0 Å². The molecule has 0 aromatic rings. The first-order valence-corrected chi connectivity index (χ1v) is 5.11. The topological polar surface area (TPSA) is 0 Å². The lowest BCUT2D eigenvalue weighted by Crippen LogP contribution is -2.24. The summed E-state index contributed by atoms with van der Waals surface area (Å²) in [5, 5.41) is 0. The second kappa shape index (κ2) is 4.69. The van der Waals surface area contributed by atoms with Crippen LogP contribution in [0, 0.1) is 11.3 Å². The number of hydrogen-bond acceptors (Lipinski definition) is 0. The maximum atomic E-state index is 4.07. The largest absolute Gasteiger partial charge is 0.0998 e. The van der Waals surface area contributed by atoms with E-state index >= 15 is 0 Å². The quantitative estimate of drug-likeness (QED) is 0.533. The van der Waals surface area contributed by atoms with E-state index in [1.165, 1.54) is 24.8 Å². The van der Waals surface area contributed by atoms with Gasteiger partial charge in [0, 0.05) is 0 Å². The normalized spacial score (nSPS) is 14.4. The standard InChI is InChI=1S/C12H24/c1-7-9-12(5,6)11(8-2)10(3)4/h11H,3,7-9H2,1-2,4-6H3. The molecule has 0 heterocycles. The summed E-state index contributed by atoms with van der Waals surface area (Å²) in [7, 11) is 0. The van der Waals surface area contributed by atoms with Gasteiger partial charge in [0.15, 0.2) is 0 Å². The summed E-state index contributed by atoms with van der Waals surface area (Å²) in [4.78, 5) is 0. The van der Waals surface area contributed by atoms with Crippen molar-refractivity contribution >= 4 is 0 Å². The molecule has 0 bridgehead atoms. The molecule has 0 N–H and O–H groups in total. The molecule has 0 rings (SSSR count). The third-order valence-electron chi connectivity index (χ3n) is 2.84.